The molecule has 1 amide bonds. The Morgan fingerprint density at radius 3 is 2.77 bits per heavy atom. The SMILES string of the molecule is C[C@H]1CCc2c(sc(NC(=O)C[C@@H](C(=O)O)c3ccccc3)c2C#N)C1. The van der Waals surface area contributed by atoms with Gasteiger partial charge in [0.2, 0.25) is 5.91 Å². The smallest absolute Gasteiger partial charge is 0.311 e. The summed E-state index contributed by atoms with van der Waals surface area (Å²) in [5, 5.41) is 22.3. The molecule has 1 aromatic carbocycles. The molecule has 0 spiro atoms. The number of carboxylic acids is 1. The molecule has 2 aromatic rings. The second kappa shape index (κ2) is 7.71. The first-order valence-electron chi connectivity index (χ1n) is 8.61. The highest BCUT2D eigenvalue weighted by Gasteiger charge is 2.27. The fourth-order valence-corrected chi connectivity index (χ4v) is 4.73. The number of nitrogens with one attached hydrogen (secondary N) is 1. The Labute approximate surface area is 156 Å². The summed E-state index contributed by atoms with van der Waals surface area (Å²) in [4.78, 5) is 25.2. The topological polar surface area (TPSA) is 90.2 Å². The van der Waals surface area contributed by atoms with Crippen LogP contribution in [-0.2, 0) is 22.4 Å². The van der Waals surface area contributed by atoms with E-state index in [-0.39, 0.29) is 12.3 Å². The zero-order chi connectivity index (χ0) is 18.7. The normalized spacial score (nSPS) is 17.0. The van der Waals surface area contributed by atoms with Gasteiger partial charge in [0, 0.05) is 11.3 Å². The van der Waals surface area contributed by atoms with Gasteiger partial charge < -0.3 is 10.4 Å². The quantitative estimate of drug-likeness (QED) is 0.836. The summed E-state index contributed by atoms with van der Waals surface area (Å²) >= 11 is 1.45. The lowest BCUT2D eigenvalue weighted by Gasteiger charge is -2.17. The lowest BCUT2D eigenvalue weighted by molar-refractivity contribution is -0.140. The van der Waals surface area contributed by atoms with E-state index >= 15 is 0 Å². The van der Waals surface area contributed by atoms with Crippen LogP contribution >= 0.6 is 11.3 Å². The summed E-state index contributed by atoms with van der Waals surface area (Å²) in [6, 6.07) is 10.9. The van der Waals surface area contributed by atoms with Crippen LogP contribution in [0.2, 0.25) is 0 Å². The van der Waals surface area contributed by atoms with Crippen LogP contribution in [0, 0.1) is 17.2 Å². The first-order chi connectivity index (χ1) is 12.5. The molecule has 0 fully saturated rings. The van der Waals surface area contributed by atoms with Gasteiger partial charge in [0.05, 0.1) is 11.5 Å². The van der Waals surface area contributed by atoms with Crippen LogP contribution in [0.3, 0.4) is 0 Å². The zero-order valence-corrected chi connectivity index (χ0v) is 15.3. The van der Waals surface area contributed by atoms with Gasteiger partial charge in [-0.2, -0.15) is 5.26 Å². The molecule has 1 heterocycles. The molecule has 0 radical (unpaired) electrons. The number of aliphatic carboxylic acids is 1. The van der Waals surface area contributed by atoms with Gasteiger partial charge >= 0.3 is 5.97 Å². The van der Waals surface area contributed by atoms with Crippen LogP contribution in [0.4, 0.5) is 5.00 Å². The third kappa shape index (κ3) is 3.78. The highest BCUT2D eigenvalue weighted by molar-refractivity contribution is 7.16. The number of anilines is 1. The molecule has 0 unspecified atom stereocenters. The number of fused-ring (bicyclic) bond motifs is 1. The first-order valence-corrected chi connectivity index (χ1v) is 9.43. The monoisotopic (exact) mass is 368 g/mol. The van der Waals surface area contributed by atoms with Crippen molar-refractivity contribution in [3.05, 3.63) is 51.9 Å². The van der Waals surface area contributed by atoms with Crippen molar-refractivity contribution in [2.24, 2.45) is 5.92 Å². The molecule has 0 saturated carbocycles. The maximum atomic E-state index is 12.5. The van der Waals surface area contributed by atoms with Gasteiger partial charge in [0.15, 0.2) is 0 Å². The van der Waals surface area contributed by atoms with E-state index in [1.165, 1.54) is 11.3 Å². The number of carbonyl (C=O) groups is 2. The average Bonchev–Trinajstić information content (AvgIpc) is 2.95. The number of hydrogen-bond acceptors (Lipinski definition) is 4. The molecule has 2 N–H and O–H groups in total. The van der Waals surface area contributed by atoms with E-state index in [9.17, 15) is 20.0 Å². The van der Waals surface area contributed by atoms with E-state index < -0.39 is 11.9 Å². The summed E-state index contributed by atoms with van der Waals surface area (Å²) < 4.78 is 0. The second-order valence-electron chi connectivity index (χ2n) is 6.72. The number of benzene rings is 1. The van der Waals surface area contributed by atoms with E-state index in [4.69, 9.17) is 0 Å². The molecule has 3 rings (SSSR count). The minimum atomic E-state index is -1.04. The number of nitriles is 1. The molecule has 5 nitrogen and oxygen atoms in total. The highest BCUT2D eigenvalue weighted by Crippen LogP contribution is 2.39. The number of amides is 1. The Hall–Kier alpha value is -2.65. The molecule has 0 bridgehead atoms. The Morgan fingerprint density at radius 2 is 2.12 bits per heavy atom. The van der Waals surface area contributed by atoms with Crippen LogP contribution in [0.1, 0.15) is 47.3 Å². The van der Waals surface area contributed by atoms with Gasteiger partial charge in [0.25, 0.3) is 0 Å². The standard InChI is InChI=1S/C20H20N2O3S/c1-12-7-8-14-16(11-21)19(26-17(14)9-12)22-18(23)10-15(20(24)25)13-5-3-2-4-6-13/h2-6,12,15H,7-10H2,1H3,(H,22,23)(H,24,25)/t12-,15+/m0/s1. The van der Waals surface area contributed by atoms with Crippen LogP contribution in [0.25, 0.3) is 0 Å². The molecule has 0 saturated heterocycles. The van der Waals surface area contributed by atoms with E-state index in [0.29, 0.717) is 22.0 Å². The van der Waals surface area contributed by atoms with Gasteiger partial charge in [-0.3, -0.25) is 9.59 Å². The molecular weight excluding hydrogens is 348 g/mol. The maximum absolute atomic E-state index is 12.5. The van der Waals surface area contributed by atoms with Crippen molar-refractivity contribution in [2.75, 3.05) is 5.32 Å². The van der Waals surface area contributed by atoms with Crippen LogP contribution < -0.4 is 5.32 Å². The van der Waals surface area contributed by atoms with Crippen LogP contribution in [0.5, 0.6) is 0 Å². The molecular formula is C20H20N2O3S. The number of rotatable bonds is 5. The molecule has 0 aliphatic heterocycles. The van der Waals surface area contributed by atoms with Gasteiger partial charge in [0.1, 0.15) is 11.1 Å². The van der Waals surface area contributed by atoms with E-state index in [1.807, 2.05) is 0 Å². The minimum absolute atomic E-state index is 0.164. The summed E-state index contributed by atoms with van der Waals surface area (Å²) in [7, 11) is 0. The molecule has 6 heteroatoms. The minimum Gasteiger partial charge on any atom is -0.481 e. The predicted molar refractivity (Wildman–Crippen MR) is 100 cm³/mol. The predicted octanol–water partition coefficient (Wildman–Crippen LogP) is 3.94. The largest absolute Gasteiger partial charge is 0.481 e. The molecule has 26 heavy (non-hydrogen) atoms. The third-order valence-corrected chi connectivity index (χ3v) is 5.94. The van der Waals surface area contributed by atoms with Crippen molar-refractivity contribution in [1.82, 2.24) is 0 Å². The zero-order valence-electron chi connectivity index (χ0n) is 14.5. The van der Waals surface area contributed by atoms with E-state index in [1.54, 1.807) is 30.3 Å². The summed E-state index contributed by atoms with van der Waals surface area (Å²) in [6.07, 6.45) is 2.66. The summed E-state index contributed by atoms with van der Waals surface area (Å²) in [5.74, 6) is -1.75. The second-order valence-corrected chi connectivity index (χ2v) is 7.83. The number of hydrogen-bond donors (Lipinski definition) is 2. The Kier molecular flexibility index (Phi) is 5.38. The fourth-order valence-electron chi connectivity index (χ4n) is 3.35. The van der Waals surface area contributed by atoms with Gasteiger partial charge in [-0.1, -0.05) is 37.3 Å². The van der Waals surface area contributed by atoms with Crippen molar-refractivity contribution in [3.8, 4) is 6.07 Å². The molecule has 1 aliphatic carbocycles. The Morgan fingerprint density at radius 1 is 1.38 bits per heavy atom. The van der Waals surface area contributed by atoms with Crippen molar-refractivity contribution in [3.63, 3.8) is 0 Å². The van der Waals surface area contributed by atoms with Crippen molar-refractivity contribution < 1.29 is 14.7 Å². The van der Waals surface area contributed by atoms with Crippen molar-refractivity contribution in [2.45, 2.75) is 38.5 Å². The summed E-state index contributed by atoms with van der Waals surface area (Å²) in [5.41, 5.74) is 2.18. The Bertz CT molecular complexity index is 867. The number of nitrogens with zero attached hydrogens (tertiary/aromatic N) is 1. The molecule has 1 aromatic heterocycles. The van der Waals surface area contributed by atoms with Gasteiger partial charge in [-0.15, -0.1) is 11.3 Å². The lowest BCUT2D eigenvalue weighted by Crippen LogP contribution is -2.20. The first kappa shape index (κ1) is 18.2. The van der Waals surface area contributed by atoms with E-state index in [2.05, 4.69) is 18.3 Å². The third-order valence-electron chi connectivity index (χ3n) is 4.77. The van der Waals surface area contributed by atoms with Crippen molar-refractivity contribution >= 4 is 28.2 Å². The molecule has 134 valence electrons. The van der Waals surface area contributed by atoms with Gasteiger partial charge in [-0.25, -0.2) is 0 Å². The van der Waals surface area contributed by atoms with Crippen LogP contribution in [-0.4, -0.2) is 17.0 Å². The number of carbonyl (C=O) groups excluding carboxylic acids is 1. The number of carboxylic acid groups (broad SMARTS) is 1. The molecule has 2 atom stereocenters. The average molecular weight is 368 g/mol. The van der Waals surface area contributed by atoms with Crippen molar-refractivity contribution in [1.29, 1.82) is 5.26 Å². The Balaban J connectivity index is 1.78. The van der Waals surface area contributed by atoms with E-state index in [0.717, 1.165) is 29.7 Å². The molecule has 1 aliphatic rings. The highest BCUT2D eigenvalue weighted by atomic mass is 32.1. The number of thiophene rings is 1. The van der Waals surface area contributed by atoms with Crippen LogP contribution in [0.15, 0.2) is 30.3 Å². The lowest BCUT2D eigenvalue weighted by atomic mass is 9.88. The maximum Gasteiger partial charge on any atom is 0.311 e. The fraction of sp³-hybridized carbons (Fsp3) is 0.350. The summed E-state index contributed by atoms with van der Waals surface area (Å²) in [6.45, 7) is 2.18. The van der Waals surface area contributed by atoms with Gasteiger partial charge in [-0.05, 0) is 36.3 Å².